The van der Waals surface area contributed by atoms with Crippen molar-refractivity contribution in [2.24, 2.45) is 11.7 Å². The van der Waals surface area contributed by atoms with Crippen LogP contribution in [0.5, 0.6) is 0 Å². The molecule has 0 aliphatic carbocycles. The zero-order valence-electron chi connectivity index (χ0n) is 10.3. The van der Waals surface area contributed by atoms with Crippen LogP contribution in [0.15, 0.2) is 0 Å². The van der Waals surface area contributed by atoms with Gasteiger partial charge in [-0.15, -0.1) is 0 Å². The average molecular weight is 201 g/mol. The van der Waals surface area contributed by atoms with E-state index in [4.69, 9.17) is 5.73 Å². The summed E-state index contributed by atoms with van der Waals surface area (Å²) in [4.78, 5) is 4.61. The molecule has 0 aliphatic rings. The molecule has 3 nitrogen and oxygen atoms in total. The topological polar surface area (TPSA) is 32.5 Å². The Balaban J connectivity index is 3.30. The van der Waals surface area contributed by atoms with Crippen LogP contribution in [0.2, 0.25) is 0 Å². The second-order valence-corrected chi connectivity index (χ2v) is 4.59. The number of hydrogen-bond donors (Lipinski definition) is 1. The Hall–Kier alpha value is -0.120. The number of hydrogen-bond acceptors (Lipinski definition) is 3. The van der Waals surface area contributed by atoms with Gasteiger partial charge in [-0.1, -0.05) is 6.92 Å². The lowest BCUT2D eigenvalue weighted by molar-refractivity contribution is 0.273. The lowest BCUT2D eigenvalue weighted by Gasteiger charge is -2.19. The molecule has 0 amide bonds. The van der Waals surface area contributed by atoms with Crippen LogP contribution in [0.1, 0.15) is 19.8 Å². The minimum atomic E-state index is 0.678. The first-order valence-electron chi connectivity index (χ1n) is 5.59. The maximum absolute atomic E-state index is 5.57. The number of nitrogens with zero attached hydrogens (tertiary/aromatic N) is 2. The summed E-state index contributed by atoms with van der Waals surface area (Å²) in [5, 5.41) is 0. The normalized spacial score (nSPS) is 13.9. The second kappa shape index (κ2) is 8.21. The molecule has 0 aromatic carbocycles. The molecule has 1 unspecified atom stereocenters. The molecule has 14 heavy (non-hydrogen) atoms. The van der Waals surface area contributed by atoms with E-state index >= 15 is 0 Å². The zero-order valence-corrected chi connectivity index (χ0v) is 10.3. The molecular formula is C11H27N3. The molecule has 0 radical (unpaired) electrons. The van der Waals surface area contributed by atoms with Gasteiger partial charge in [0, 0.05) is 13.1 Å². The molecule has 1 atom stereocenters. The third-order valence-corrected chi connectivity index (χ3v) is 2.57. The Bertz CT molecular complexity index is 126. The van der Waals surface area contributed by atoms with E-state index < -0.39 is 0 Å². The van der Waals surface area contributed by atoms with E-state index in [1.54, 1.807) is 0 Å². The van der Waals surface area contributed by atoms with Crippen molar-refractivity contribution >= 4 is 0 Å². The van der Waals surface area contributed by atoms with E-state index in [9.17, 15) is 0 Å². The summed E-state index contributed by atoms with van der Waals surface area (Å²) in [5.74, 6) is 0.678. The first-order valence-corrected chi connectivity index (χ1v) is 5.59. The number of rotatable bonds is 8. The zero-order chi connectivity index (χ0) is 11.0. The largest absolute Gasteiger partial charge is 0.330 e. The Morgan fingerprint density at radius 3 is 2.21 bits per heavy atom. The van der Waals surface area contributed by atoms with Gasteiger partial charge >= 0.3 is 0 Å². The highest BCUT2D eigenvalue weighted by atomic mass is 15.1. The van der Waals surface area contributed by atoms with Gasteiger partial charge in [-0.3, -0.25) is 0 Å². The molecular weight excluding hydrogens is 174 g/mol. The van der Waals surface area contributed by atoms with Gasteiger partial charge in [0.25, 0.3) is 0 Å². The lowest BCUT2D eigenvalue weighted by Crippen LogP contribution is -2.29. The van der Waals surface area contributed by atoms with Gasteiger partial charge in [-0.2, -0.15) is 0 Å². The van der Waals surface area contributed by atoms with Gasteiger partial charge in [0.1, 0.15) is 0 Å². The summed E-state index contributed by atoms with van der Waals surface area (Å²) >= 11 is 0. The number of nitrogens with two attached hydrogens (primary N) is 1. The Labute approximate surface area is 89.2 Å². The first-order chi connectivity index (χ1) is 6.56. The molecule has 3 heteroatoms. The predicted molar refractivity (Wildman–Crippen MR) is 63.5 cm³/mol. The van der Waals surface area contributed by atoms with E-state index in [2.05, 4.69) is 37.9 Å². The van der Waals surface area contributed by atoms with Crippen LogP contribution >= 0.6 is 0 Å². The molecule has 2 N–H and O–H groups in total. The fraction of sp³-hybridized carbons (Fsp3) is 1.00. The van der Waals surface area contributed by atoms with E-state index in [-0.39, 0.29) is 0 Å². The lowest BCUT2D eigenvalue weighted by atomic mass is 10.1. The summed E-state index contributed by atoms with van der Waals surface area (Å²) < 4.78 is 0. The van der Waals surface area contributed by atoms with Crippen molar-refractivity contribution in [1.29, 1.82) is 0 Å². The standard InChI is InChI=1S/C11H27N3/c1-11(10-12)6-5-7-14(4)9-8-13(2)3/h11H,5-10,12H2,1-4H3. The van der Waals surface area contributed by atoms with Gasteiger partial charge < -0.3 is 15.5 Å². The summed E-state index contributed by atoms with van der Waals surface area (Å²) in [5.41, 5.74) is 5.57. The quantitative estimate of drug-likeness (QED) is 0.632. The SMILES string of the molecule is CC(CN)CCCN(C)CCN(C)C. The van der Waals surface area contributed by atoms with Crippen molar-refractivity contribution in [1.82, 2.24) is 9.80 Å². The van der Waals surface area contributed by atoms with Crippen molar-refractivity contribution in [2.45, 2.75) is 19.8 Å². The molecule has 0 spiro atoms. The molecule has 0 bridgehead atoms. The molecule has 0 saturated heterocycles. The van der Waals surface area contributed by atoms with Gasteiger partial charge in [-0.05, 0) is 53.0 Å². The van der Waals surface area contributed by atoms with Crippen LogP contribution in [0.25, 0.3) is 0 Å². The first kappa shape index (κ1) is 13.9. The summed E-state index contributed by atoms with van der Waals surface area (Å²) in [7, 11) is 6.42. The fourth-order valence-corrected chi connectivity index (χ4v) is 1.31. The van der Waals surface area contributed by atoms with Crippen molar-refractivity contribution in [3.63, 3.8) is 0 Å². The molecule has 0 aromatic heterocycles. The van der Waals surface area contributed by atoms with Crippen LogP contribution in [0.3, 0.4) is 0 Å². The smallest absolute Gasteiger partial charge is 0.0106 e. The highest BCUT2D eigenvalue weighted by molar-refractivity contribution is 4.58. The van der Waals surface area contributed by atoms with Crippen LogP contribution in [-0.4, -0.2) is 57.1 Å². The third-order valence-electron chi connectivity index (χ3n) is 2.57. The Morgan fingerprint density at radius 1 is 1.07 bits per heavy atom. The monoisotopic (exact) mass is 201 g/mol. The molecule has 86 valence electrons. The van der Waals surface area contributed by atoms with Gasteiger partial charge in [0.2, 0.25) is 0 Å². The minimum absolute atomic E-state index is 0.678. The maximum Gasteiger partial charge on any atom is 0.0106 e. The van der Waals surface area contributed by atoms with Crippen molar-refractivity contribution in [3.05, 3.63) is 0 Å². The molecule has 0 fully saturated rings. The summed E-state index contributed by atoms with van der Waals surface area (Å²) in [6.45, 7) is 6.53. The van der Waals surface area contributed by atoms with Gasteiger partial charge in [0.05, 0.1) is 0 Å². The van der Waals surface area contributed by atoms with E-state index in [1.165, 1.54) is 19.4 Å². The van der Waals surface area contributed by atoms with Crippen LogP contribution < -0.4 is 5.73 Å². The average Bonchev–Trinajstić information content (AvgIpc) is 2.14. The Morgan fingerprint density at radius 2 is 1.71 bits per heavy atom. The molecule has 0 heterocycles. The fourth-order valence-electron chi connectivity index (χ4n) is 1.31. The van der Waals surface area contributed by atoms with E-state index in [0.717, 1.165) is 19.6 Å². The maximum atomic E-state index is 5.57. The van der Waals surface area contributed by atoms with Gasteiger partial charge in [0.15, 0.2) is 0 Å². The van der Waals surface area contributed by atoms with Crippen molar-refractivity contribution in [3.8, 4) is 0 Å². The highest BCUT2D eigenvalue weighted by Crippen LogP contribution is 2.03. The minimum Gasteiger partial charge on any atom is -0.330 e. The molecule has 0 rings (SSSR count). The predicted octanol–water partition coefficient (Wildman–Crippen LogP) is 0.855. The van der Waals surface area contributed by atoms with E-state index in [0.29, 0.717) is 5.92 Å². The molecule has 0 aromatic rings. The molecule has 0 saturated carbocycles. The Kier molecular flexibility index (Phi) is 8.14. The third kappa shape index (κ3) is 8.48. The van der Waals surface area contributed by atoms with Crippen LogP contribution in [0, 0.1) is 5.92 Å². The van der Waals surface area contributed by atoms with E-state index in [1.807, 2.05) is 0 Å². The second-order valence-electron chi connectivity index (χ2n) is 4.59. The van der Waals surface area contributed by atoms with Crippen molar-refractivity contribution < 1.29 is 0 Å². The van der Waals surface area contributed by atoms with Crippen molar-refractivity contribution in [2.75, 3.05) is 47.3 Å². The summed E-state index contributed by atoms with van der Waals surface area (Å²) in [6, 6.07) is 0. The van der Waals surface area contributed by atoms with Crippen LogP contribution in [0.4, 0.5) is 0 Å². The van der Waals surface area contributed by atoms with Gasteiger partial charge in [-0.25, -0.2) is 0 Å². The molecule has 0 aliphatic heterocycles. The highest BCUT2D eigenvalue weighted by Gasteiger charge is 2.02. The van der Waals surface area contributed by atoms with Crippen LogP contribution in [-0.2, 0) is 0 Å². The summed E-state index contributed by atoms with van der Waals surface area (Å²) in [6.07, 6.45) is 2.52. The number of likely N-dealkylation sites (N-methyl/N-ethyl adjacent to an activating group) is 2.